The molecule has 0 spiro atoms. The molecule has 1 aliphatic rings. The molecule has 4 rings (SSSR count). The number of rotatable bonds is 4. The summed E-state index contributed by atoms with van der Waals surface area (Å²) in [5.74, 6) is 4.98. The summed E-state index contributed by atoms with van der Waals surface area (Å²) in [4.78, 5) is 14.2. The van der Waals surface area contributed by atoms with E-state index in [1.807, 2.05) is 6.92 Å². The van der Waals surface area contributed by atoms with Gasteiger partial charge in [-0.15, -0.1) is 5.92 Å². The lowest BCUT2D eigenvalue weighted by Gasteiger charge is -2.20. The minimum absolute atomic E-state index is 0.0898. The summed E-state index contributed by atoms with van der Waals surface area (Å²) in [6, 6.07) is 11.8. The van der Waals surface area contributed by atoms with E-state index in [4.69, 9.17) is 0 Å². The maximum absolute atomic E-state index is 11.8. The van der Waals surface area contributed by atoms with Gasteiger partial charge in [0.05, 0.1) is 23.3 Å². The first-order chi connectivity index (χ1) is 13.6. The SMILES string of the molecule is CC#Cc1ccc(C(=O)O)c2c1cnn2C(C)c1ccc(N2CCCC2)cc1. The van der Waals surface area contributed by atoms with Crippen molar-refractivity contribution in [2.24, 2.45) is 0 Å². The molecule has 1 N–H and O–H groups in total. The van der Waals surface area contributed by atoms with E-state index >= 15 is 0 Å². The van der Waals surface area contributed by atoms with Crippen molar-refractivity contribution in [3.8, 4) is 11.8 Å². The van der Waals surface area contributed by atoms with Crippen LogP contribution in [0.15, 0.2) is 42.6 Å². The van der Waals surface area contributed by atoms with E-state index in [2.05, 4.69) is 46.1 Å². The Morgan fingerprint density at radius 1 is 1.14 bits per heavy atom. The zero-order valence-electron chi connectivity index (χ0n) is 16.1. The molecule has 2 aromatic carbocycles. The minimum Gasteiger partial charge on any atom is -0.478 e. The van der Waals surface area contributed by atoms with Gasteiger partial charge in [-0.3, -0.25) is 4.68 Å². The molecule has 5 heteroatoms. The van der Waals surface area contributed by atoms with Gasteiger partial charge in [-0.25, -0.2) is 4.79 Å². The van der Waals surface area contributed by atoms with Crippen molar-refractivity contribution in [1.82, 2.24) is 9.78 Å². The van der Waals surface area contributed by atoms with Crippen molar-refractivity contribution in [2.75, 3.05) is 18.0 Å². The van der Waals surface area contributed by atoms with Crippen molar-refractivity contribution >= 4 is 22.6 Å². The van der Waals surface area contributed by atoms with E-state index in [0.717, 1.165) is 29.6 Å². The summed E-state index contributed by atoms with van der Waals surface area (Å²) < 4.78 is 1.80. The molecule has 1 aromatic heterocycles. The molecular formula is C23H23N3O2. The van der Waals surface area contributed by atoms with Gasteiger partial charge in [-0.1, -0.05) is 18.1 Å². The van der Waals surface area contributed by atoms with Gasteiger partial charge in [0.15, 0.2) is 0 Å². The third kappa shape index (κ3) is 3.11. The smallest absolute Gasteiger partial charge is 0.337 e. The molecule has 0 saturated carbocycles. The van der Waals surface area contributed by atoms with Gasteiger partial charge in [0.25, 0.3) is 0 Å². The highest BCUT2D eigenvalue weighted by atomic mass is 16.4. The fourth-order valence-electron chi connectivity index (χ4n) is 3.95. The molecule has 0 bridgehead atoms. The lowest BCUT2D eigenvalue weighted by Crippen LogP contribution is -2.17. The summed E-state index contributed by atoms with van der Waals surface area (Å²) in [6.45, 7) is 6.04. The fraction of sp³-hybridized carbons (Fsp3) is 0.304. The zero-order chi connectivity index (χ0) is 19.7. The normalized spacial score (nSPS) is 14.7. The maximum atomic E-state index is 11.8. The number of carboxylic acid groups (broad SMARTS) is 1. The third-order valence-corrected chi connectivity index (χ3v) is 5.46. The van der Waals surface area contributed by atoms with Crippen LogP contribution in [0.3, 0.4) is 0 Å². The second-order valence-electron chi connectivity index (χ2n) is 7.15. The molecule has 2 heterocycles. The van der Waals surface area contributed by atoms with Crippen molar-refractivity contribution in [1.29, 1.82) is 0 Å². The van der Waals surface area contributed by atoms with E-state index in [1.54, 1.807) is 29.9 Å². The van der Waals surface area contributed by atoms with Crippen LogP contribution in [-0.2, 0) is 0 Å². The Morgan fingerprint density at radius 3 is 2.50 bits per heavy atom. The zero-order valence-corrected chi connectivity index (χ0v) is 16.1. The Hall–Kier alpha value is -3.26. The highest BCUT2D eigenvalue weighted by Crippen LogP contribution is 2.29. The lowest BCUT2D eigenvalue weighted by molar-refractivity contribution is 0.0698. The third-order valence-electron chi connectivity index (χ3n) is 5.46. The maximum Gasteiger partial charge on any atom is 0.337 e. The first kappa shape index (κ1) is 18.1. The molecule has 1 saturated heterocycles. The number of carboxylic acids is 1. The Labute approximate surface area is 164 Å². The van der Waals surface area contributed by atoms with Gasteiger partial charge in [-0.05, 0) is 56.5 Å². The topological polar surface area (TPSA) is 58.4 Å². The van der Waals surface area contributed by atoms with Crippen LogP contribution in [0, 0.1) is 11.8 Å². The van der Waals surface area contributed by atoms with Gasteiger partial charge in [0.2, 0.25) is 0 Å². The molecule has 1 aliphatic heterocycles. The van der Waals surface area contributed by atoms with Crippen LogP contribution >= 0.6 is 0 Å². The Morgan fingerprint density at radius 2 is 1.86 bits per heavy atom. The minimum atomic E-state index is -0.959. The molecule has 0 aliphatic carbocycles. The van der Waals surface area contributed by atoms with E-state index in [0.29, 0.717) is 5.52 Å². The van der Waals surface area contributed by atoms with Crippen LogP contribution in [0.2, 0.25) is 0 Å². The standard InChI is InChI=1S/C23H23N3O2/c1-3-6-18-9-12-20(23(27)28)22-21(18)15-24-26(22)16(2)17-7-10-19(11-8-17)25-13-4-5-14-25/h7-12,15-16H,4-5,13-14H2,1-2H3,(H,27,28). The predicted octanol–water partition coefficient (Wildman–Crippen LogP) is 4.32. The lowest BCUT2D eigenvalue weighted by atomic mass is 10.0. The highest BCUT2D eigenvalue weighted by molar-refractivity contribution is 6.03. The number of anilines is 1. The second-order valence-corrected chi connectivity index (χ2v) is 7.15. The monoisotopic (exact) mass is 373 g/mol. The fourth-order valence-corrected chi connectivity index (χ4v) is 3.95. The van der Waals surface area contributed by atoms with Gasteiger partial charge >= 0.3 is 5.97 Å². The molecule has 1 fully saturated rings. The number of aromatic nitrogens is 2. The summed E-state index contributed by atoms with van der Waals surface area (Å²) in [6.07, 6.45) is 4.22. The van der Waals surface area contributed by atoms with Crippen LogP contribution < -0.4 is 4.90 Å². The number of aromatic carboxylic acids is 1. The van der Waals surface area contributed by atoms with Gasteiger partial charge in [-0.2, -0.15) is 5.10 Å². The molecular weight excluding hydrogens is 350 g/mol. The predicted molar refractivity (Wildman–Crippen MR) is 111 cm³/mol. The summed E-state index contributed by atoms with van der Waals surface area (Å²) in [7, 11) is 0. The molecule has 3 aromatic rings. The Bertz CT molecular complexity index is 1080. The summed E-state index contributed by atoms with van der Waals surface area (Å²) in [5, 5.41) is 15.0. The number of benzene rings is 2. The van der Waals surface area contributed by atoms with Crippen LogP contribution in [0.4, 0.5) is 5.69 Å². The first-order valence-corrected chi connectivity index (χ1v) is 9.61. The largest absolute Gasteiger partial charge is 0.478 e. The van der Waals surface area contributed by atoms with Crippen LogP contribution in [-0.4, -0.2) is 33.9 Å². The highest BCUT2D eigenvalue weighted by Gasteiger charge is 2.20. The van der Waals surface area contributed by atoms with Crippen molar-refractivity contribution < 1.29 is 9.90 Å². The first-order valence-electron chi connectivity index (χ1n) is 9.61. The number of hydrogen-bond acceptors (Lipinski definition) is 3. The van der Waals surface area contributed by atoms with Crippen LogP contribution in [0.1, 0.15) is 54.2 Å². The van der Waals surface area contributed by atoms with Gasteiger partial charge in [0.1, 0.15) is 0 Å². The Kier molecular flexibility index (Phi) is 4.79. The molecule has 0 amide bonds. The number of nitrogens with zero attached hydrogens (tertiary/aromatic N) is 3. The van der Waals surface area contributed by atoms with Crippen molar-refractivity contribution in [2.45, 2.75) is 32.7 Å². The molecule has 142 valence electrons. The summed E-state index contributed by atoms with van der Waals surface area (Å²) in [5.41, 5.74) is 3.99. The molecule has 28 heavy (non-hydrogen) atoms. The van der Waals surface area contributed by atoms with Gasteiger partial charge in [0, 0.05) is 29.7 Å². The number of carbonyl (C=O) groups is 1. The van der Waals surface area contributed by atoms with Gasteiger partial charge < -0.3 is 10.0 Å². The van der Waals surface area contributed by atoms with Crippen molar-refractivity contribution in [3.05, 3.63) is 59.3 Å². The average molecular weight is 373 g/mol. The van der Waals surface area contributed by atoms with E-state index in [9.17, 15) is 9.90 Å². The number of fused-ring (bicyclic) bond motifs is 1. The van der Waals surface area contributed by atoms with Crippen LogP contribution in [0.25, 0.3) is 10.9 Å². The molecule has 1 atom stereocenters. The van der Waals surface area contributed by atoms with Crippen molar-refractivity contribution in [3.63, 3.8) is 0 Å². The molecule has 1 unspecified atom stereocenters. The Balaban J connectivity index is 1.76. The van der Waals surface area contributed by atoms with E-state index in [-0.39, 0.29) is 11.6 Å². The average Bonchev–Trinajstić information content (AvgIpc) is 3.38. The molecule has 5 nitrogen and oxygen atoms in total. The quantitative estimate of drug-likeness (QED) is 0.692. The second kappa shape index (κ2) is 7.40. The molecule has 0 radical (unpaired) electrons. The number of hydrogen-bond donors (Lipinski definition) is 1. The van der Waals surface area contributed by atoms with Crippen LogP contribution in [0.5, 0.6) is 0 Å². The van der Waals surface area contributed by atoms with E-state index in [1.165, 1.54) is 18.5 Å². The van der Waals surface area contributed by atoms with E-state index < -0.39 is 5.97 Å². The summed E-state index contributed by atoms with van der Waals surface area (Å²) >= 11 is 0.